The molecule has 1 saturated heterocycles. The van der Waals surface area contributed by atoms with Crippen LogP contribution < -0.4 is 16.0 Å². The molecule has 3 amide bonds. The molecule has 1 atom stereocenters. The number of nitrogens with zero attached hydrogens (tertiary/aromatic N) is 3. The normalized spacial score (nSPS) is 17.7. The van der Waals surface area contributed by atoms with Crippen molar-refractivity contribution < 1.29 is 18.4 Å². The maximum Gasteiger partial charge on any atom is 0.325 e. The SMILES string of the molecule is CN(C)CC1(C)CN(Cc2ccc(C(=O)Nc3ccccc3N)cc2)C(=O)N1c1ccc(F)c(F)c1. The van der Waals surface area contributed by atoms with Crippen molar-refractivity contribution >= 4 is 29.0 Å². The van der Waals surface area contributed by atoms with Gasteiger partial charge in [-0.25, -0.2) is 13.6 Å². The van der Waals surface area contributed by atoms with E-state index in [1.807, 2.05) is 25.9 Å². The van der Waals surface area contributed by atoms with Crippen molar-refractivity contribution in [3.8, 4) is 0 Å². The third-order valence-electron chi connectivity index (χ3n) is 6.15. The summed E-state index contributed by atoms with van der Waals surface area (Å²) >= 11 is 0. The molecular weight excluding hydrogens is 464 g/mol. The lowest BCUT2D eigenvalue weighted by atomic mass is 10.00. The van der Waals surface area contributed by atoms with E-state index in [1.165, 1.54) is 11.0 Å². The van der Waals surface area contributed by atoms with Crippen molar-refractivity contribution in [2.45, 2.75) is 19.0 Å². The second kappa shape index (κ2) is 9.94. The van der Waals surface area contributed by atoms with Crippen LogP contribution in [-0.4, -0.2) is 54.5 Å². The average Bonchev–Trinajstić information content (AvgIpc) is 3.06. The summed E-state index contributed by atoms with van der Waals surface area (Å²) in [5.74, 6) is -2.26. The molecule has 1 aliphatic heterocycles. The lowest BCUT2D eigenvalue weighted by Gasteiger charge is -2.35. The first-order chi connectivity index (χ1) is 17.1. The summed E-state index contributed by atoms with van der Waals surface area (Å²) < 4.78 is 27.6. The van der Waals surface area contributed by atoms with Gasteiger partial charge >= 0.3 is 6.03 Å². The van der Waals surface area contributed by atoms with Gasteiger partial charge in [0.05, 0.1) is 16.9 Å². The molecule has 1 aliphatic rings. The highest BCUT2D eigenvalue weighted by Crippen LogP contribution is 2.34. The van der Waals surface area contributed by atoms with Gasteiger partial charge in [-0.15, -0.1) is 0 Å². The van der Waals surface area contributed by atoms with E-state index < -0.39 is 17.2 Å². The molecule has 0 bridgehead atoms. The number of amides is 3. The largest absolute Gasteiger partial charge is 0.397 e. The number of anilines is 3. The van der Waals surface area contributed by atoms with Crippen molar-refractivity contribution in [2.75, 3.05) is 43.1 Å². The van der Waals surface area contributed by atoms with E-state index in [2.05, 4.69) is 5.32 Å². The standard InChI is InChI=1S/C27H29F2N5O2/c1-27(16-32(2)3)17-33(26(36)34(27)20-12-13-21(28)22(29)14-20)15-18-8-10-19(11-9-18)25(35)31-24-7-5-4-6-23(24)30/h4-14H,15-17,30H2,1-3H3,(H,31,35). The number of carbonyl (C=O) groups excluding carboxylic acids is 2. The fraction of sp³-hybridized carbons (Fsp3) is 0.259. The first kappa shape index (κ1) is 25.1. The number of likely N-dealkylation sites (N-methyl/N-ethyl adjacent to an activating group) is 1. The smallest absolute Gasteiger partial charge is 0.325 e. The number of halogens is 2. The average molecular weight is 494 g/mol. The molecule has 9 heteroatoms. The third kappa shape index (κ3) is 5.16. The molecular formula is C27H29F2N5O2. The summed E-state index contributed by atoms with van der Waals surface area (Å²) in [5, 5.41) is 2.79. The highest BCUT2D eigenvalue weighted by Gasteiger charge is 2.47. The minimum absolute atomic E-state index is 0.292. The van der Waals surface area contributed by atoms with Gasteiger partial charge in [-0.3, -0.25) is 9.69 Å². The Bertz CT molecular complexity index is 1280. The zero-order valence-corrected chi connectivity index (χ0v) is 20.5. The minimum Gasteiger partial charge on any atom is -0.397 e. The van der Waals surface area contributed by atoms with Crippen LogP contribution in [0.5, 0.6) is 0 Å². The van der Waals surface area contributed by atoms with Gasteiger partial charge in [-0.2, -0.15) is 0 Å². The predicted octanol–water partition coefficient (Wildman–Crippen LogP) is 4.56. The molecule has 3 aromatic carbocycles. The molecule has 0 radical (unpaired) electrons. The Labute approximate surface area is 209 Å². The second-order valence-corrected chi connectivity index (χ2v) is 9.55. The Morgan fingerprint density at radius 1 is 1.06 bits per heavy atom. The molecule has 4 rings (SSSR count). The summed E-state index contributed by atoms with van der Waals surface area (Å²) in [6.45, 7) is 3.14. The van der Waals surface area contributed by atoms with Gasteiger partial charge in [0.25, 0.3) is 5.91 Å². The van der Waals surface area contributed by atoms with Crippen LogP contribution in [0.15, 0.2) is 66.7 Å². The highest BCUT2D eigenvalue weighted by molar-refractivity contribution is 6.05. The number of rotatable bonds is 7. The number of nitrogens with two attached hydrogens (primary N) is 1. The van der Waals surface area contributed by atoms with Crippen molar-refractivity contribution in [3.63, 3.8) is 0 Å². The zero-order valence-electron chi connectivity index (χ0n) is 20.5. The fourth-order valence-electron chi connectivity index (χ4n) is 4.68. The molecule has 188 valence electrons. The second-order valence-electron chi connectivity index (χ2n) is 9.55. The molecule has 7 nitrogen and oxygen atoms in total. The van der Waals surface area contributed by atoms with Gasteiger partial charge < -0.3 is 20.9 Å². The quantitative estimate of drug-likeness (QED) is 0.473. The summed E-state index contributed by atoms with van der Waals surface area (Å²) in [5.41, 5.74) is 7.83. The molecule has 0 saturated carbocycles. The van der Waals surface area contributed by atoms with Gasteiger partial charge in [0.1, 0.15) is 0 Å². The van der Waals surface area contributed by atoms with Gasteiger partial charge in [-0.05, 0) is 63.0 Å². The number of nitrogens with one attached hydrogen (secondary N) is 1. The van der Waals surface area contributed by atoms with E-state index in [1.54, 1.807) is 53.4 Å². The van der Waals surface area contributed by atoms with E-state index in [0.717, 1.165) is 17.7 Å². The maximum absolute atomic E-state index is 14.0. The van der Waals surface area contributed by atoms with E-state index in [4.69, 9.17) is 5.73 Å². The fourth-order valence-corrected chi connectivity index (χ4v) is 4.68. The van der Waals surface area contributed by atoms with E-state index in [-0.39, 0.29) is 11.9 Å². The van der Waals surface area contributed by atoms with Crippen LogP contribution in [0.2, 0.25) is 0 Å². The molecule has 1 fully saturated rings. The van der Waals surface area contributed by atoms with E-state index in [0.29, 0.717) is 42.3 Å². The number of nitrogen functional groups attached to an aromatic ring is 1. The van der Waals surface area contributed by atoms with Crippen molar-refractivity contribution in [2.24, 2.45) is 0 Å². The van der Waals surface area contributed by atoms with Crippen LogP contribution in [0, 0.1) is 11.6 Å². The number of hydrogen-bond acceptors (Lipinski definition) is 4. The Balaban J connectivity index is 1.52. The summed E-state index contributed by atoms with van der Waals surface area (Å²) in [6.07, 6.45) is 0. The van der Waals surface area contributed by atoms with Crippen LogP contribution in [0.25, 0.3) is 0 Å². The Morgan fingerprint density at radius 2 is 1.75 bits per heavy atom. The maximum atomic E-state index is 14.0. The first-order valence-electron chi connectivity index (χ1n) is 11.5. The lowest BCUT2D eigenvalue weighted by Crippen LogP contribution is -2.51. The predicted molar refractivity (Wildman–Crippen MR) is 137 cm³/mol. The van der Waals surface area contributed by atoms with Gasteiger partial charge in [0, 0.05) is 37.0 Å². The summed E-state index contributed by atoms with van der Waals surface area (Å²) in [6, 6.07) is 17.2. The molecule has 1 unspecified atom stereocenters. The van der Waals surface area contributed by atoms with Crippen LogP contribution in [-0.2, 0) is 6.54 Å². The topological polar surface area (TPSA) is 81.9 Å². The molecule has 1 heterocycles. The zero-order chi connectivity index (χ0) is 26.0. The molecule has 0 spiro atoms. The van der Waals surface area contributed by atoms with Crippen LogP contribution >= 0.6 is 0 Å². The first-order valence-corrected chi connectivity index (χ1v) is 11.5. The minimum atomic E-state index is -1.00. The molecule has 3 N–H and O–H groups in total. The lowest BCUT2D eigenvalue weighted by molar-refractivity contribution is 0.102. The number of benzene rings is 3. The van der Waals surface area contributed by atoms with Crippen molar-refractivity contribution in [1.82, 2.24) is 9.80 Å². The number of urea groups is 1. The monoisotopic (exact) mass is 493 g/mol. The number of para-hydroxylation sites is 2. The Kier molecular flexibility index (Phi) is 6.94. The molecule has 0 aliphatic carbocycles. The van der Waals surface area contributed by atoms with Gasteiger partial charge in [-0.1, -0.05) is 24.3 Å². The van der Waals surface area contributed by atoms with Crippen LogP contribution in [0.3, 0.4) is 0 Å². The Hall–Kier alpha value is -3.98. The summed E-state index contributed by atoms with van der Waals surface area (Å²) in [7, 11) is 3.79. The molecule has 3 aromatic rings. The molecule has 0 aromatic heterocycles. The third-order valence-corrected chi connectivity index (χ3v) is 6.15. The van der Waals surface area contributed by atoms with Crippen molar-refractivity contribution in [3.05, 3.63) is 89.5 Å². The van der Waals surface area contributed by atoms with Crippen LogP contribution in [0.1, 0.15) is 22.8 Å². The Morgan fingerprint density at radius 3 is 2.39 bits per heavy atom. The van der Waals surface area contributed by atoms with Crippen molar-refractivity contribution in [1.29, 1.82) is 0 Å². The molecule has 36 heavy (non-hydrogen) atoms. The number of carbonyl (C=O) groups is 2. The van der Waals surface area contributed by atoms with E-state index in [9.17, 15) is 18.4 Å². The number of hydrogen-bond donors (Lipinski definition) is 2. The van der Waals surface area contributed by atoms with Crippen LogP contribution in [0.4, 0.5) is 30.6 Å². The van der Waals surface area contributed by atoms with E-state index >= 15 is 0 Å². The van der Waals surface area contributed by atoms with Gasteiger partial charge in [0.2, 0.25) is 0 Å². The van der Waals surface area contributed by atoms with Gasteiger partial charge in [0.15, 0.2) is 11.6 Å². The highest BCUT2D eigenvalue weighted by atomic mass is 19.2. The summed E-state index contributed by atoms with van der Waals surface area (Å²) in [4.78, 5) is 31.2.